The highest BCUT2D eigenvalue weighted by atomic mass is 32.1. The molecule has 0 radical (unpaired) electrons. The fraction of sp³-hybridized carbons (Fsp3) is 0.667. The number of hydrogen-bond donors (Lipinski definition) is 0. The molecule has 0 aliphatic carbocycles. The monoisotopic (exact) mass is 294 g/mol. The number of hydrogen-bond acceptors (Lipinski definition) is 4. The first-order chi connectivity index (χ1) is 9.61. The summed E-state index contributed by atoms with van der Waals surface area (Å²) in [7, 11) is 0. The SMILES string of the molecule is CC(C)Cc1ccc(CN2CCN3C(=O)OCC3C2)s1. The molecule has 1 amide bonds. The van der Waals surface area contributed by atoms with Crippen molar-refractivity contribution >= 4 is 17.4 Å². The maximum absolute atomic E-state index is 11.5. The van der Waals surface area contributed by atoms with Gasteiger partial charge in [-0.25, -0.2) is 4.79 Å². The molecule has 0 N–H and O–H groups in total. The van der Waals surface area contributed by atoms with E-state index >= 15 is 0 Å². The molecular formula is C15H22N2O2S. The van der Waals surface area contributed by atoms with Gasteiger partial charge in [0.2, 0.25) is 0 Å². The zero-order valence-corrected chi connectivity index (χ0v) is 13.0. The van der Waals surface area contributed by atoms with E-state index in [4.69, 9.17) is 4.74 Å². The summed E-state index contributed by atoms with van der Waals surface area (Å²) >= 11 is 1.93. The van der Waals surface area contributed by atoms with Crippen molar-refractivity contribution in [3.8, 4) is 0 Å². The number of rotatable bonds is 4. The van der Waals surface area contributed by atoms with Crippen molar-refractivity contribution < 1.29 is 9.53 Å². The number of cyclic esters (lactones) is 1. The highest BCUT2D eigenvalue weighted by Crippen LogP contribution is 2.24. The number of ether oxygens (including phenoxy) is 1. The molecule has 1 aromatic rings. The molecule has 110 valence electrons. The molecule has 0 spiro atoms. The highest BCUT2D eigenvalue weighted by Gasteiger charge is 2.37. The normalized spacial score (nSPS) is 23.2. The Labute approximate surface area is 124 Å². The van der Waals surface area contributed by atoms with Crippen LogP contribution in [0.15, 0.2) is 12.1 Å². The van der Waals surface area contributed by atoms with Crippen LogP contribution < -0.4 is 0 Å². The minimum absolute atomic E-state index is 0.134. The van der Waals surface area contributed by atoms with E-state index < -0.39 is 0 Å². The second-order valence-corrected chi connectivity index (χ2v) is 7.38. The molecule has 2 fully saturated rings. The lowest BCUT2D eigenvalue weighted by Crippen LogP contribution is -2.51. The molecule has 4 nitrogen and oxygen atoms in total. The molecule has 3 heterocycles. The van der Waals surface area contributed by atoms with E-state index in [9.17, 15) is 4.79 Å². The fourth-order valence-corrected chi connectivity index (χ4v) is 4.21. The van der Waals surface area contributed by atoms with Crippen LogP contribution in [0.4, 0.5) is 4.79 Å². The topological polar surface area (TPSA) is 32.8 Å². The molecule has 5 heteroatoms. The molecule has 0 aromatic carbocycles. The quantitative estimate of drug-likeness (QED) is 0.855. The van der Waals surface area contributed by atoms with Crippen LogP contribution in [0.3, 0.4) is 0 Å². The van der Waals surface area contributed by atoms with E-state index in [1.807, 2.05) is 16.2 Å². The zero-order valence-electron chi connectivity index (χ0n) is 12.2. The molecule has 1 aromatic heterocycles. The lowest BCUT2D eigenvalue weighted by Gasteiger charge is -2.35. The second kappa shape index (κ2) is 5.74. The first-order valence-electron chi connectivity index (χ1n) is 7.35. The van der Waals surface area contributed by atoms with Gasteiger partial charge in [0, 0.05) is 35.9 Å². The summed E-state index contributed by atoms with van der Waals surface area (Å²) in [5, 5.41) is 0. The van der Waals surface area contributed by atoms with Crippen LogP contribution in [-0.4, -0.2) is 48.2 Å². The predicted octanol–water partition coefficient (Wildman–Crippen LogP) is 2.58. The minimum Gasteiger partial charge on any atom is -0.447 e. The van der Waals surface area contributed by atoms with Crippen LogP contribution in [0, 0.1) is 5.92 Å². The first kappa shape index (κ1) is 13.9. The Kier molecular flexibility index (Phi) is 3.98. The van der Waals surface area contributed by atoms with Crippen molar-refractivity contribution in [2.24, 2.45) is 5.92 Å². The predicted molar refractivity (Wildman–Crippen MR) is 80.0 cm³/mol. The average Bonchev–Trinajstić information content (AvgIpc) is 2.97. The summed E-state index contributed by atoms with van der Waals surface area (Å²) in [6, 6.07) is 4.77. The average molecular weight is 294 g/mol. The number of piperazine rings is 1. The smallest absolute Gasteiger partial charge is 0.410 e. The largest absolute Gasteiger partial charge is 0.447 e. The van der Waals surface area contributed by atoms with E-state index in [1.54, 1.807) is 0 Å². The van der Waals surface area contributed by atoms with Crippen LogP contribution in [0.5, 0.6) is 0 Å². The van der Waals surface area contributed by atoms with Crippen molar-refractivity contribution in [2.75, 3.05) is 26.2 Å². The summed E-state index contributed by atoms with van der Waals surface area (Å²) in [4.78, 5) is 18.7. The summed E-state index contributed by atoms with van der Waals surface area (Å²) < 4.78 is 5.11. The fourth-order valence-electron chi connectivity index (χ4n) is 2.94. The third kappa shape index (κ3) is 2.99. The Morgan fingerprint density at radius 2 is 2.15 bits per heavy atom. The van der Waals surface area contributed by atoms with Gasteiger partial charge in [-0.05, 0) is 24.5 Å². The first-order valence-corrected chi connectivity index (χ1v) is 8.17. The molecular weight excluding hydrogens is 272 g/mol. The Bertz CT molecular complexity index is 486. The van der Waals surface area contributed by atoms with Gasteiger partial charge in [-0.2, -0.15) is 0 Å². The van der Waals surface area contributed by atoms with Crippen molar-refractivity contribution in [1.82, 2.24) is 9.80 Å². The Balaban J connectivity index is 1.56. The molecule has 0 bridgehead atoms. The molecule has 0 saturated carbocycles. The molecule has 2 aliphatic heterocycles. The summed E-state index contributed by atoms with van der Waals surface area (Å²) in [5.41, 5.74) is 0. The van der Waals surface area contributed by atoms with Gasteiger partial charge in [0.15, 0.2) is 0 Å². The van der Waals surface area contributed by atoms with Crippen LogP contribution in [0.25, 0.3) is 0 Å². The van der Waals surface area contributed by atoms with E-state index in [2.05, 4.69) is 30.9 Å². The van der Waals surface area contributed by atoms with Gasteiger partial charge >= 0.3 is 6.09 Å². The van der Waals surface area contributed by atoms with E-state index in [1.165, 1.54) is 16.2 Å². The number of carbonyl (C=O) groups excluding carboxylic acids is 1. The van der Waals surface area contributed by atoms with Gasteiger partial charge < -0.3 is 4.74 Å². The summed E-state index contributed by atoms with van der Waals surface area (Å²) in [6.45, 7) is 8.75. The molecule has 2 aliphatic rings. The maximum atomic E-state index is 11.5. The number of amides is 1. The lowest BCUT2D eigenvalue weighted by atomic mass is 10.1. The lowest BCUT2D eigenvalue weighted by molar-refractivity contribution is 0.116. The molecule has 2 saturated heterocycles. The van der Waals surface area contributed by atoms with Crippen LogP contribution >= 0.6 is 11.3 Å². The van der Waals surface area contributed by atoms with E-state index in [0.29, 0.717) is 12.5 Å². The number of fused-ring (bicyclic) bond motifs is 1. The maximum Gasteiger partial charge on any atom is 0.410 e. The second-order valence-electron chi connectivity index (χ2n) is 6.13. The van der Waals surface area contributed by atoms with Gasteiger partial charge in [-0.1, -0.05) is 13.8 Å². The molecule has 1 unspecified atom stereocenters. The zero-order chi connectivity index (χ0) is 14.1. The molecule has 1 atom stereocenters. The van der Waals surface area contributed by atoms with Crippen LogP contribution in [-0.2, 0) is 17.7 Å². The summed E-state index contributed by atoms with van der Waals surface area (Å²) in [5.74, 6) is 0.715. The minimum atomic E-state index is -0.134. The van der Waals surface area contributed by atoms with Crippen molar-refractivity contribution in [3.05, 3.63) is 21.9 Å². The standard InChI is InChI=1S/C15H22N2O2S/c1-11(2)7-13-3-4-14(20-13)9-16-5-6-17-12(8-16)10-19-15(17)18/h3-4,11-12H,5-10H2,1-2H3. The number of carbonyl (C=O) groups is 1. The van der Waals surface area contributed by atoms with Crippen molar-refractivity contribution in [1.29, 1.82) is 0 Å². The molecule has 20 heavy (non-hydrogen) atoms. The van der Waals surface area contributed by atoms with Gasteiger partial charge in [-0.3, -0.25) is 9.80 Å². The Morgan fingerprint density at radius 1 is 1.35 bits per heavy atom. The van der Waals surface area contributed by atoms with Gasteiger partial charge in [0.25, 0.3) is 0 Å². The van der Waals surface area contributed by atoms with Gasteiger partial charge in [0.05, 0.1) is 6.04 Å². The van der Waals surface area contributed by atoms with Gasteiger partial charge in [0.1, 0.15) is 6.61 Å². The van der Waals surface area contributed by atoms with E-state index in [-0.39, 0.29) is 12.1 Å². The Hall–Kier alpha value is -1.07. The number of thiophene rings is 1. The number of nitrogens with zero attached hydrogens (tertiary/aromatic N) is 2. The molecule has 3 rings (SSSR count). The third-order valence-corrected chi connectivity index (χ3v) is 5.00. The van der Waals surface area contributed by atoms with Crippen LogP contribution in [0.2, 0.25) is 0 Å². The third-order valence-electron chi connectivity index (χ3n) is 3.91. The highest BCUT2D eigenvalue weighted by molar-refractivity contribution is 7.11. The van der Waals surface area contributed by atoms with Crippen molar-refractivity contribution in [2.45, 2.75) is 32.9 Å². The van der Waals surface area contributed by atoms with Crippen molar-refractivity contribution in [3.63, 3.8) is 0 Å². The van der Waals surface area contributed by atoms with Gasteiger partial charge in [-0.15, -0.1) is 11.3 Å². The summed E-state index contributed by atoms with van der Waals surface area (Å²) in [6.07, 6.45) is 1.04. The van der Waals surface area contributed by atoms with Crippen LogP contribution in [0.1, 0.15) is 23.6 Å². The Morgan fingerprint density at radius 3 is 2.95 bits per heavy atom. The van der Waals surface area contributed by atoms with E-state index in [0.717, 1.165) is 26.2 Å².